The van der Waals surface area contributed by atoms with E-state index >= 15 is 0 Å². The van der Waals surface area contributed by atoms with Gasteiger partial charge in [-0.3, -0.25) is 0 Å². The molecule has 0 aromatic carbocycles. The van der Waals surface area contributed by atoms with E-state index in [2.05, 4.69) is 27.7 Å². The van der Waals surface area contributed by atoms with Gasteiger partial charge in [-0.25, -0.2) is 0 Å². The zero-order valence-electron chi connectivity index (χ0n) is 20.1. The van der Waals surface area contributed by atoms with Crippen molar-refractivity contribution in [3.8, 4) is 0 Å². The summed E-state index contributed by atoms with van der Waals surface area (Å²) in [6.07, 6.45) is 9.51. The third-order valence-corrected chi connectivity index (χ3v) is 12.0. The van der Waals surface area contributed by atoms with Gasteiger partial charge < -0.3 is 19.7 Å². The molecule has 0 aromatic rings. The molecule has 176 valence electrons. The first kappa shape index (κ1) is 21.4. The second kappa shape index (κ2) is 6.93. The molecule has 13 atom stereocenters. The molecular weight excluding hydrogens is 388 g/mol. The number of hydrogen-bond donors (Lipinski definition) is 2. The Morgan fingerprint density at radius 3 is 2.39 bits per heavy atom. The van der Waals surface area contributed by atoms with Crippen molar-refractivity contribution < 1.29 is 19.7 Å². The molecule has 0 aromatic heterocycles. The maximum atomic E-state index is 10.6. The molecule has 6 rings (SSSR count). The molecule has 7 unspecified atom stereocenters. The third-order valence-electron chi connectivity index (χ3n) is 12.0. The summed E-state index contributed by atoms with van der Waals surface area (Å²) < 4.78 is 13.3. The smallest absolute Gasteiger partial charge is 0.171 e. The molecule has 1 spiro atoms. The summed E-state index contributed by atoms with van der Waals surface area (Å²) in [5.41, 5.74) is 0.550. The van der Waals surface area contributed by atoms with Gasteiger partial charge in [0, 0.05) is 12.3 Å². The van der Waals surface area contributed by atoms with Gasteiger partial charge in [-0.05, 0) is 97.7 Å². The number of fused-ring (bicyclic) bond motifs is 7. The van der Waals surface area contributed by atoms with Crippen molar-refractivity contribution in [1.82, 2.24) is 0 Å². The minimum Gasteiger partial charge on any atom is -0.390 e. The first-order chi connectivity index (χ1) is 14.7. The maximum absolute atomic E-state index is 10.6. The largest absolute Gasteiger partial charge is 0.390 e. The van der Waals surface area contributed by atoms with Gasteiger partial charge in [0.05, 0.1) is 24.9 Å². The van der Waals surface area contributed by atoms with Crippen LogP contribution in [-0.2, 0) is 9.47 Å². The summed E-state index contributed by atoms with van der Waals surface area (Å²) >= 11 is 0. The van der Waals surface area contributed by atoms with Gasteiger partial charge in [-0.15, -0.1) is 0 Å². The van der Waals surface area contributed by atoms with Crippen molar-refractivity contribution in [2.75, 3.05) is 6.61 Å². The number of rotatable bonds is 0. The van der Waals surface area contributed by atoms with Gasteiger partial charge in [0.1, 0.15) is 0 Å². The number of ether oxygens (including phenoxy) is 2. The Balaban J connectivity index is 1.26. The average molecular weight is 433 g/mol. The highest BCUT2D eigenvalue weighted by Gasteiger charge is 2.69. The van der Waals surface area contributed by atoms with Crippen LogP contribution < -0.4 is 0 Å². The Morgan fingerprint density at radius 1 is 0.839 bits per heavy atom. The van der Waals surface area contributed by atoms with E-state index < -0.39 is 12.2 Å². The van der Waals surface area contributed by atoms with E-state index in [4.69, 9.17) is 9.47 Å². The van der Waals surface area contributed by atoms with E-state index in [0.717, 1.165) is 37.7 Å². The van der Waals surface area contributed by atoms with E-state index in [1.165, 1.54) is 38.5 Å². The van der Waals surface area contributed by atoms with Crippen LogP contribution in [-0.4, -0.2) is 40.9 Å². The topological polar surface area (TPSA) is 58.9 Å². The normalized spacial score (nSPS) is 63.3. The molecule has 4 heteroatoms. The van der Waals surface area contributed by atoms with Crippen molar-refractivity contribution >= 4 is 0 Å². The van der Waals surface area contributed by atoms with Crippen LogP contribution in [0.15, 0.2) is 0 Å². The summed E-state index contributed by atoms with van der Waals surface area (Å²) in [7, 11) is 0. The number of hydrogen-bond acceptors (Lipinski definition) is 4. The highest BCUT2D eigenvalue weighted by molar-refractivity contribution is 5.15. The lowest BCUT2D eigenvalue weighted by atomic mass is 9.44. The van der Waals surface area contributed by atoms with E-state index in [1.807, 2.05) is 0 Å². The number of aliphatic hydroxyl groups is 2. The minimum atomic E-state index is -0.537. The summed E-state index contributed by atoms with van der Waals surface area (Å²) in [6, 6.07) is 0. The van der Waals surface area contributed by atoms with Crippen LogP contribution in [0.4, 0.5) is 0 Å². The monoisotopic (exact) mass is 432 g/mol. The molecule has 2 heterocycles. The summed E-state index contributed by atoms with van der Waals surface area (Å²) in [4.78, 5) is 0. The zero-order chi connectivity index (χ0) is 21.8. The second-order valence-electron chi connectivity index (χ2n) is 13.2. The van der Waals surface area contributed by atoms with E-state index in [1.54, 1.807) is 0 Å². The molecule has 6 aliphatic rings. The van der Waals surface area contributed by atoms with E-state index in [0.29, 0.717) is 41.1 Å². The Bertz CT molecular complexity index is 716. The standard InChI is InChI=1S/C27H44O4/c1-15-7-10-27(30-14-15)16(2)24-23(31-27)12-20-18-6-5-17-11-21(28)22(29)13-26(17,4)19(18)8-9-25(20,24)3/h15-24,28-29H,5-14H2,1-4H3/t15?,16?,17-,18?,19?,20?,21+,22+,23-,24?,25-,26-,27?/m0/s1. The molecule has 4 saturated carbocycles. The number of aliphatic hydroxyl groups excluding tert-OH is 2. The molecule has 0 radical (unpaired) electrons. The van der Waals surface area contributed by atoms with Crippen molar-refractivity contribution in [2.45, 2.75) is 110 Å². The van der Waals surface area contributed by atoms with Gasteiger partial charge in [0.25, 0.3) is 0 Å². The molecule has 2 N–H and O–H groups in total. The predicted octanol–water partition coefficient (Wildman–Crippen LogP) is 4.76. The molecule has 0 amide bonds. The average Bonchev–Trinajstić information content (AvgIpc) is 3.16. The quantitative estimate of drug-likeness (QED) is 0.579. The Kier molecular flexibility index (Phi) is 4.78. The van der Waals surface area contributed by atoms with Crippen LogP contribution >= 0.6 is 0 Å². The first-order valence-corrected chi connectivity index (χ1v) is 13.4. The second-order valence-corrected chi connectivity index (χ2v) is 13.2. The van der Waals surface area contributed by atoms with Crippen LogP contribution in [0.5, 0.6) is 0 Å². The van der Waals surface area contributed by atoms with Crippen molar-refractivity contribution in [2.24, 2.45) is 52.3 Å². The Morgan fingerprint density at radius 2 is 1.65 bits per heavy atom. The summed E-state index contributed by atoms with van der Waals surface area (Å²) in [5.74, 6) is 4.21. The molecule has 2 aliphatic heterocycles. The third kappa shape index (κ3) is 2.80. The lowest BCUT2D eigenvalue weighted by molar-refractivity contribution is -0.273. The molecule has 6 fully saturated rings. The fraction of sp³-hybridized carbons (Fsp3) is 1.00. The van der Waals surface area contributed by atoms with Gasteiger partial charge >= 0.3 is 0 Å². The Labute approximate surface area is 188 Å². The van der Waals surface area contributed by atoms with Crippen molar-refractivity contribution in [3.05, 3.63) is 0 Å². The van der Waals surface area contributed by atoms with Crippen molar-refractivity contribution in [3.63, 3.8) is 0 Å². The zero-order valence-corrected chi connectivity index (χ0v) is 20.1. The van der Waals surface area contributed by atoms with Gasteiger partial charge in [0.2, 0.25) is 0 Å². The van der Waals surface area contributed by atoms with Crippen LogP contribution in [0.2, 0.25) is 0 Å². The van der Waals surface area contributed by atoms with Crippen LogP contribution in [0.3, 0.4) is 0 Å². The molecule has 0 bridgehead atoms. The summed E-state index contributed by atoms with van der Waals surface area (Å²) in [6.45, 7) is 10.6. The first-order valence-electron chi connectivity index (χ1n) is 13.4. The Hall–Kier alpha value is -0.160. The summed E-state index contributed by atoms with van der Waals surface area (Å²) in [5, 5.41) is 20.9. The predicted molar refractivity (Wildman–Crippen MR) is 119 cm³/mol. The molecule has 2 saturated heterocycles. The van der Waals surface area contributed by atoms with Gasteiger partial charge in [0.15, 0.2) is 5.79 Å². The maximum Gasteiger partial charge on any atom is 0.171 e. The highest BCUT2D eigenvalue weighted by Crippen LogP contribution is 2.71. The van der Waals surface area contributed by atoms with Crippen LogP contribution in [0.1, 0.15) is 85.5 Å². The molecule has 4 aliphatic carbocycles. The fourth-order valence-corrected chi connectivity index (χ4v) is 10.3. The lowest BCUT2D eigenvalue weighted by Gasteiger charge is -2.61. The van der Waals surface area contributed by atoms with E-state index in [9.17, 15) is 10.2 Å². The van der Waals surface area contributed by atoms with E-state index in [-0.39, 0.29) is 11.2 Å². The molecule has 31 heavy (non-hydrogen) atoms. The van der Waals surface area contributed by atoms with Crippen LogP contribution in [0.25, 0.3) is 0 Å². The minimum absolute atomic E-state index is 0.191. The van der Waals surface area contributed by atoms with Crippen molar-refractivity contribution in [1.29, 1.82) is 0 Å². The molecule has 4 nitrogen and oxygen atoms in total. The highest BCUT2D eigenvalue weighted by atomic mass is 16.7. The lowest BCUT2D eigenvalue weighted by Crippen LogP contribution is -2.57. The molecular formula is C27H44O4. The van der Waals surface area contributed by atoms with Gasteiger partial charge in [-0.1, -0.05) is 27.7 Å². The SMILES string of the molecule is CC1CCC2(OC1)O[C@H]1CC3C4CC[C@H]5C[C@@H](O)[C@H](O)C[C@]5(C)C4CC[C@]3(C)C1C2C. The fourth-order valence-electron chi connectivity index (χ4n) is 10.3. The van der Waals surface area contributed by atoms with Gasteiger partial charge in [-0.2, -0.15) is 0 Å². The van der Waals surface area contributed by atoms with Crippen LogP contribution in [0, 0.1) is 52.3 Å².